The smallest absolute Gasteiger partial charge is 0.279 e. The van der Waals surface area contributed by atoms with E-state index >= 15 is 0 Å². The van der Waals surface area contributed by atoms with E-state index < -0.39 is 15.9 Å². The predicted octanol–water partition coefficient (Wildman–Crippen LogP) is 2.66. The summed E-state index contributed by atoms with van der Waals surface area (Å²) in [5.41, 5.74) is 2.44. The van der Waals surface area contributed by atoms with Crippen LogP contribution in [0.3, 0.4) is 0 Å². The van der Waals surface area contributed by atoms with Crippen LogP contribution >= 0.6 is 11.3 Å². The Morgan fingerprint density at radius 2 is 1.91 bits per heavy atom. The number of terminal acetylenes is 1. The molecule has 1 aliphatic heterocycles. The molecule has 1 aliphatic rings. The molecule has 1 aromatic heterocycles. The van der Waals surface area contributed by atoms with Gasteiger partial charge in [-0.3, -0.25) is 4.79 Å². The summed E-state index contributed by atoms with van der Waals surface area (Å²) in [7, 11) is -3.61. The highest BCUT2D eigenvalue weighted by molar-refractivity contribution is 7.89. The van der Waals surface area contributed by atoms with Crippen LogP contribution in [0.5, 0.6) is 0 Å². The molecule has 1 amide bonds. The van der Waals surface area contributed by atoms with Crippen molar-refractivity contribution < 1.29 is 17.9 Å². The molecular weight excluding hydrogens is 446 g/mol. The van der Waals surface area contributed by atoms with Gasteiger partial charge in [-0.15, -0.1) is 6.42 Å². The summed E-state index contributed by atoms with van der Waals surface area (Å²) in [5, 5.41) is 0. The van der Waals surface area contributed by atoms with E-state index in [1.807, 2.05) is 16.7 Å². The first-order valence-electron chi connectivity index (χ1n) is 10.3. The first-order valence-corrected chi connectivity index (χ1v) is 12.5. The molecule has 0 saturated carbocycles. The minimum atomic E-state index is -3.61. The van der Waals surface area contributed by atoms with Gasteiger partial charge < -0.3 is 9.30 Å². The Kier molecular flexibility index (Phi) is 6.58. The standard InChI is InChI=1S/C23H23N3O4S2/c1-3-11-26-20-10-5-17(4-2)16-21(20)31-23(26)24-22(27)18-6-8-19(9-7-18)32(28,29)25-12-14-30-15-13-25/h1,5-10,16H,4,11-15H2,2H3. The Morgan fingerprint density at radius 1 is 1.19 bits per heavy atom. The van der Waals surface area contributed by atoms with Crippen LogP contribution in [-0.2, 0) is 27.7 Å². The molecular formula is C23H23N3O4S2. The van der Waals surface area contributed by atoms with Crippen molar-refractivity contribution in [2.45, 2.75) is 24.8 Å². The molecule has 3 aromatic rings. The Morgan fingerprint density at radius 3 is 2.56 bits per heavy atom. The summed E-state index contributed by atoms with van der Waals surface area (Å²) in [4.78, 5) is 17.8. The molecule has 0 unspecified atom stereocenters. The topological polar surface area (TPSA) is 81.0 Å². The van der Waals surface area contributed by atoms with Gasteiger partial charge in [-0.1, -0.05) is 30.2 Å². The molecule has 0 bridgehead atoms. The minimum absolute atomic E-state index is 0.146. The van der Waals surface area contributed by atoms with Gasteiger partial charge in [0, 0.05) is 18.7 Å². The normalized spacial score (nSPS) is 15.7. The number of sulfonamides is 1. The maximum Gasteiger partial charge on any atom is 0.279 e. The van der Waals surface area contributed by atoms with E-state index in [0.717, 1.165) is 16.6 Å². The van der Waals surface area contributed by atoms with Crippen LogP contribution in [0.2, 0.25) is 0 Å². The van der Waals surface area contributed by atoms with E-state index in [9.17, 15) is 13.2 Å². The third-order valence-electron chi connectivity index (χ3n) is 5.31. The number of nitrogens with zero attached hydrogens (tertiary/aromatic N) is 3. The fraction of sp³-hybridized carbons (Fsp3) is 0.304. The molecule has 1 fully saturated rings. The van der Waals surface area contributed by atoms with Crippen molar-refractivity contribution in [2.24, 2.45) is 4.99 Å². The quantitative estimate of drug-likeness (QED) is 0.538. The van der Waals surface area contributed by atoms with Gasteiger partial charge in [0.25, 0.3) is 5.91 Å². The zero-order chi connectivity index (χ0) is 22.7. The van der Waals surface area contributed by atoms with Crippen molar-refractivity contribution >= 4 is 37.5 Å². The Hall–Kier alpha value is -2.77. The molecule has 0 aliphatic carbocycles. The third kappa shape index (κ3) is 4.40. The molecule has 0 radical (unpaired) electrons. The fourth-order valence-corrected chi connectivity index (χ4v) is 6.02. The van der Waals surface area contributed by atoms with E-state index in [2.05, 4.69) is 23.9 Å². The molecule has 0 N–H and O–H groups in total. The van der Waals surface area contributed by atoms with Gasteiger partial charge in [0.2, 0.25) is 10.0 Å². The highest BCUT2D eigenvalue weighted by Crippen LogP contribution is 2.21. The lowest BCUT2D eigenvalue weighted by atomic mass is 10.2. The summed E-state index contributed by atoms with van der Waals surface area (Å²) in [6.07, 6.45) is 6.45. The van der Waals surface area contributed by atoms with Crippen LogP contribution in [0.15, 0.2) is 52.4 Å². The SMILES string of the molecule is C#CCn1c(=NC(=O)c2ccc(S(=O)(=O)N3CCOCC3)cc2)sc2cc(CC)ccc21. The zero-order valence-electron chi connectivity index (χ0n) is 17.7. The summed E-state index contributed by atoms with van der Waals surface area (Å²) >= 11 is 1.41. The second-order valence-corrected chi connectivity index (χ2v) is 10.2. The number of aryl methyl sites for hydroxylation is 1. The fourth-order valence-electron chi connectivity index (χ4n) is 3.52. The number of benzene rings is 2. The molecule has 166 valence electrons. The lowest BCUT2D eigenvalue weighted by Gasteiger charge is -2.26. The van der Waals surface area contributed by atoms with Crippen LogP contribution in [-0.4, -0.2) is 49.5 Å². The van der Waals surface area contributed by atoms with Crippen LogP contribution in [0.4, 0.5) is 0 Å². The van der Waals surface area contributed by atoms with Crippen molar-refractivity contribution in [2.75, 3.05) is 26.3 Å². The Balaban J connectivity index is 1.66. The highest BCUT2D eigenvalue weighted by atomic mass is 32.2. The van der Waals surface area contributed by atoms with Gasteiger partial charge in [-0.05, 0) is 48.4 Å². The molecule has 0 spiro atoms. The Bertz CT molecular complexity index is 1360. The van der Waals surface area contributed by atoms with Crippen LogP contribution in [0.1, 0.15) is 22.8 Å². The first kappa shape index (κ1) is 22.4. The average Bonchev–Trinajstić information content (AvgIpc) is 3.16. The average molecular weight is 470 g/mol. The molecule has 2 aromatic carbocycles. The van der Waals surface area contributed by atoms with Crippen LogP contribution in [0.25, 0.3) is 10.2 Å². The third-order valence-corrected chi connectivity index (χ3v) is 8.27. The number of rotatable bonds is 5. The lowest BCUT2D eigenvalue weighted by molar-refractivity contribution is 0.0730. The summed E-state index contributed by atoms with van der Waals surface area (Å²) < 4.78 is 35.0. The monoisotopic (exact) mass is 469 g/mol. The number of ether oxygens (including phenoxy) is 1. The maximum atomic E-state index is 12.8. The van der Waals surface area contributed by atoms with Gasteiger partial charge in [-0.25, -0.2) is 8.42 Å². The summed E-state index contributed by atoms with van der Waals surface area (Å²) in [6.45, 7) is 3.78. The van der Waals surface area contributed by atoms with Crippen LogP contribution < -0.4 is 4.80 Å². The number of amides is 1. The summed E-state index contributed by atoms with van der Waals surface area (Å²) in [5.74, 6) is 2.17. The largest absolute Gasteiger partial charge is 0.379 e. The van der Waals surface area contributed by atoms with Crippen molar-refractivity contribution in [3.8, 4) is 12.3 Å². The Labute approximate surface area is 191 Å². The number of fused-ring (bicyclic) bond motifs is 1. The molecule has 9 heteroatoms. The number of thiazole rings is 1. The highest BCUT2D eigenvalue weighted by Gasteiger charge is 2.26. The van der Waals surface area contributed by atoms with Crippen molar-refractivity contribution in [3.63, 3.8) is 0 Å². The molecule has 7 nitrogen and oxygen atoms in total. The van der Waals surface area contributed by atoms with Gasteiger partial charge in [0.1, 0.15) is 0 Å². The van der Waals surface area contributed by atoms with Crippen LogP contribution in [0, 0.1) is 12.3 Å². The van der Waals surface area contributed by atoms with E-state index in [4.69, 9.17) is 11.2 Å². The van der Waals surface area contributed by atoms with E-state index in [-0.39, 0.29) is 4.90 Å². The molecule has 1 saturated heterocycles. The first-order chi connectivity index (χ1) is 15.4. The predicted molar refractivity (Wildman–Crippen MR) is 124 cm³/mol. The van der Waals surface area contributed by atoms with E-state index in [0.29, 0.717) is 43.2 Å². The van der Waals surface area contributed by atoms with Gasteiger partial charge >= 0.3 is 0 Å². The van der Waals surface area contributed by atoms with Crippen molar-refractivity contribution in [1.29, 1.82) is 0 Å². The number of hydrogen-bond acceptors (Lipinski definition) is 5. The van der Waals surface area contributed by atoms with Gasteiger partial charge in [0.15, 0.2) is 4.80 Å². The minimum Gasteiger partial charge on any atom is -0.379 e. The molecule has 4 rings (SSSR count). The van der Waals surface area contributed by atoms with E-state index in [1.54, 1.807) is 0 Å². The number of carbonyl (C=O) groups excluding carboxylic acids is 1. The second kappa shape index (κ2) is 9.38. The summed E-state index contributed by atoms with van der Waals surface area (Å²) in [6, 6.07) is 12.0. The molecule has 0 atom stereocenters. The second-order valence-electron chi connectivity index (χ2n) is 7.29. The van der Waals surface area contributed by atoms with Crippen molar-refractivity contribution in [3.05, 3.63) is 58.4 Å². The number of morpholine rings is 1. The van der Waals surface area contributed by atoms with E-state index in [1.165, 1.54) is 45.5 Å². The molecule has 2 heterocycles. The lowest BCUT2D eigenvalue weighted by Crippen LogP contribution is -2.40. The zero-order valence-corrected chi connectivity index (χ0v) is 19.3. The maximum absolute atomic E-state index is 12.8. The number of hydrogen-bond donors (Lipinski definition) is 0. The van der Waals surface area contributed by atoms with Gasteiger partial charge in [0.05, 0.1) is 34.9 Å². The van der Waals surface area contributed by atoms with Gasteiger partial charge in [-0.2, -0.15) is 9.30 Å². The number of carbonyl (C=O) groups is 1. The molecule has 32 heavy (non-hydrogen) atoms. The van der Waals surface area contributed by atoms with Crippen molar-refractivity contribution in [1.82, 2.24) is 8.87 Å². The number of aromatic nitrogens is 1.